The second-order valence-electron chi connectivity index (χ2n) is 5.40. The molecule has 0 saturated carbocycles. The molecule has 1 unspecified atom stereocenters. The first-order valence-corrected chi connectivity index (χ1v) is 8.40. The van der Waals surface area contributed by atoms with Gasteiger partial charge in [-0.15, -0.1) is 11.3 Å². The van der Waals surface area contributed by atoms with Gasteiger partial charge in [0.15, 0.2) is 0 Å². The lowest BCUT2D eigenvalue weighted by molar-refractivity contribution is -0.120. The van der Waals surface area contributed by atoms with E-state index in [0.717, 1.165) is 10.9 Å². The lowest BCUT2D eigenvalue weighted by Crippen LogP contribution is -2.29. The molecule has 0 aliphatic carbocycles. The molecular formula is C17H18FN3O3S. The third kappa shape index (κ3) is 5.68. The van der Waals surface area contributed by atoms with E-state index in [1.807, 2.05) is 17.5 Å². The molecule has 25 heavy (non-hydrogen) atoms. The van der Waals surface area contributed by atoms with E-state index in [1.165, 1.54) is 37.3 Å². The topological polar surface area (TPSA) is 87.3 Å². The first-order chi connectivity index (χ1) is 11.8. The summed E-state index contributed by atoms with van der Waals surface area (Å²) in [5.74, 6) is -1.58. The predicted octanol–water partition coefficient (Wildman–Crippen LogP) is 3.05. The van der Waals surface area contributed by atoms with Crippen molar-refractivity contribution in [2.75, 3.05) is 10.6 Å². The molecular weight excluding hydrogens is 345 g/mol. The van der Waals surface area contributed by atoms with Crippen LogP contribution < -0.4 is 16.0 Å². The van der Waals surface area contributed by atoms with E-state index in [2.05, 4.69) is 16.0 Å². The van der Waals surface area contributed by atoms with Gasteiger partial charge in [-0.3, -0.25) is 14.4 Å². The highest BCUT2D eigenvalue weighted by atomic mass is 32.1. The van der Waals surface area contributed by atoms with Crippen molar-refractivity contribution in [3.63, 3.8) is 0 Å². The van der Waals surface area contributed by atoms with Gasteiger partial charge in [-0.1, -0.05) is 6.07 Å². The number of nitrogens with one attached hydrogen (secondary N) is 3. The van der Waals surface area contributed by atoms with Crippen LogP contribution in [-0.2, 0) is 14.4 Å². The van der Waals surface area contributed by atoms with E-state index in [9.17, 15) is 18.8 Å². The molecule has 6 nitrogen and oxygen atoms in total. The summed E-state index contributed by atoms with van der Waals surface area (Å²) < 4.78 is 13.6. The fourth-order valence-electron chi connectivity index (χ4n) is 2.24. The average Bonchev–Trinajstić information content (AvgIpc) is 3.03. The number of hydrogen-bond acceptors (Lipinski definition) is 4. The number of carbonyl (C=O) groups is 3. The summed E-state index contributed by atoms with van der Waals surface area (Å²) in [5, 5.41) is 9.60. The molecule has 132 valence electrons. The highest BCUT2D eigenvalue weighted by Crippen LogP contribution is 2.24. The lowest BCUT2D eigenvalue weighted by atomic mass is 10.1. The Bertz CT molecular complexity index is 777. The number of hydrogen-bond donors (Lipinski definition) is 3. The summed E-state index contributed by atoms with van der Waals surface area (Å²) in [7, 11) is 0. The molecule has 0 bridgehead atoms. The Kier molecular flexibility index (Phi) is 6.24. The van der Waals surface area contributed by atoms with Crippen molar-refractivity contribution >= 4 is 40.4 Å². The second-order valence-corrected chi connectivity index (χ2v) is 6.38. The Labute approximate surface area is 148 Å². The Balaban J connectivity index is 2.07. The van der Waals surface area contributed by atoms with Crippen LogP contribution in [0.1, 0.15) is 31.2 Å². The summed E-state index contributed by atoms with van der Waals surface area (Å²) in [4.78, 5) is 35.6. The summed E-state index contributed by atoms with van der Waals surface area (Å²) in [6, 6.07) is 7.14. The van der Waals surface area contributed by atoms with Gasteiger partial charge in [0.25, 0.3) is 0 Å². The van der Waals surface area contributed by atoms with Gasteiger partial charge in [0.2, 0.25) is 17.7 Å². The summed E-state index contributed by atoms with van der Waals surface area (Å²) in [6.45, 7) is 2.65. The smallest absolute Gasteiger partial charge is 0.226 e. The standard InChI is InChI=1S/C17H18FN3O3S/c1-10(22)19-14-8-12(5-6-13(14)18)21-17(24)9-15(20-11(2)23)16-4-3-7-25-16/h3-8,15H,9H2,1-2H3,(H,19,22)(H,20,23)(H,21,24). The van der Waals surface area contributed by atoms with Crippen molar-refractivity contribution in [3.8, 4) is 0 Å². The number of rotatable bonds is 6. The van der Waals surface area contributed by atoms with Crippen LogP contribution in [0.25, 0.3) is 0 Å². The molecule has 0 radical (unpaired) electrons. The van der Waals surface area contributed by atoms with E-state index < -0.39 is 17.8 Å². The van der Waals surface area contributed by atoms with Crippen LogP contribution in [0.15, 0.2) is 35.7 Å². The molecule has 0 saturated heterocycles. The van der Waals surface area contributed by atoms with E-state index in [-0.39, 0.29) is 23.9 Å². The van der Waals surface area contributed by atoms with Gasteiger partial charge in [0.1, 0.15) is 5.82 Å². The number of thiophene rings is 1. The van der Waals surface area contributed by atoms with E-state index in [0.29, 0.717) is 5.69 Å². The average molecular weight is 363 g/mol. The molecule has 3 amide bonds. The number of benzene rings is 1. The minimum absolute atomic E-state index is 0.0121. The number of amides is 3. The van der Waals surface area contributed by atoms with Crippen molar-refractivity contribution in [3.05, 3.63) is 46.4 Å². The van der Waals surface area contributed by atoms with Gasteiger partial charge < -0.3 is 16.0 Å². The molecule has 1 atom stereocenters. The predicted molar refractivity (Wildman–Crippen MR) is 94.8 cm³/mol. The van der Waals surface area contributed by atoms with Gasteiger partial charge in [-0.2, -0.15) is 0 Å². The molecule has 0 fully saturated rings. The Morgan fingerprint density at radius 3 is 2.48 bits per heavy atom. The molecule has 0 aliphatic heterocycles. The molecule has 1 aromatic heterocycles. The monoisotopic (exact) mass is 363 g/mol. The van der Waals surface area contributed by atoms with Crippen LogP contribution in [0, 0.1) is 5.82 Å². The van der Waals surface area contributed by atoms with Gasteiger partial charge in [0, 0.05) is 24.4 Å². The molecule has 0 spiro atoms. The maximum absolute atomic E-state index is 13.6. The number of carbonyl (C=O) groups excluding carboxylic acids is 3. The second kappa shape index (κ2) is 8.39. The maximum Gasteiger partial charge on any atom is 0.226 e. The van der Waals surface area contributed by atoms with Crippen molar-refractivity contribution in [1.82, 2.24) is 5.32 Å². The molecule has 3 N–H and O–H groups in total. The molecule has 2 aromatic rings. The van der Waals surface area contributed by atoms with Gasteiger partial charge in [-0.25, -0.2) is 4.39 Å². The molecule has 0 aliphatic rings. The van der Waals surface area contributed by atoms with Crippen LogP contribution >= 0.6 is 11.3 Å². The number of anilines is 2. The van der Waals surface area contributed by atoms with E-state index in [4.69, 9.17) is 0 Å². The Morgan fingerprint density at radius 1 is 1.12 bits per heavy atom. The van der Waals surface area contributed by atoms with Crippen LogP contribution in [0.3, 0.4) is 0 Å². The van der Waals surface area contributed by atoms with Crippen molar-refractivity contribution in [2.24, 2.45) is 0 Å². The molecule has 1 heterocycles. The van der Waals surface area contributed by atoms with Gasteiger partial charge in [-0.05, 0) is 29.6 Å². The molecule has 2 rings (SSSR count). The van der Waals surface area contributed by atoms with Crippen molar-refractivity contribution in [1.29, 1.82) is 0 Å². The summed E-state index contributed by atoms with van der Waals surface area (Å²) in [6.07, 6.45) is 0.0347. The third-order valence-electron chi connectivity index (χ3n) is 3.21. The van der Waals surface area contributed by atoms with Crippen LogP contribution in [0.2, 0.25) is 0 Å². The summed E-state index contributed by atoms with van der Waals surface area (Å²) in [5.41, 5.74) is 0.338. The molecule has 8 heteroatoms. The zero-order valence-corrected chi connectivity index (χ0v) is 14.6. The quantitative estimate of drug-likeness (QED) is 0.737. The summed E-state index contributed by atoms with van der Waals surface area (Å²) >= 11 is 1.44. The number of halogens is 1. The first-order valence-electron chi connectivity index (χ1n) is 7.52. The van der Waals surface area contributed by atoms with Crippen LogP contribution in [0.5, 0.6) is 0 Å². The van der Waals surface area contributed by atoms with Crippen molar-refractivity contribution < 1.29 is 18.8 Å². The fraction of sp³-hybridized carbons (Fsp3) is 0.235. The Morgan fingerprint density at radius 2 is 1.88 bits per heavy atom. The Hall–Kier alpha value is -2.74. The zero-order valence-electron chi connectivity index (χ0n) is 13.8. The van der Waals surface area contributed by atoms with Crippen molar-refractivity contribution in [2.45, 2.75) is 26.3 Å². The zero-order chi connectivity index (χ0) is 18.4. The minimum Gasteiger partial charge on any atom is -0.348 e. The minimum atomic E-state index is -0.595. The van der Waals surface area contributed by atoms with Crippen LogP contribution in [-0.4, -0.2) is 17.7 Å². The van der Waals surface area contributed by atoms with Gasteiger partial charge in [0.05, 0.1) is 18.2 Å². The fourth-order valence-corrected chi connectivity index (χ4v) is 3.02. The van der Waals surface area contributed by atoms with Crippen LogP contribution in [0.4, 0.5) is 15.8 Å². The normalized spacial score (nSPS) is 11.5. The van der Waals surface area contributed by atoms with E-state index >= 15 is 0 Å². The largest absolute Gasteiger partial charge is 0.348 e. The third-order valence-corrected chi connectivity index (χ3v) is 4.20. The van der Waals surface area contributed by atoms with Gasteiger partial charge >= 0.3 is 0 Å². The highest BCUT2D eigenvalue weighted by Gasteiger charge is 2.18. The molecule has 1 aromatic carbocycles. The lowest BCUT2D eigenvalue weighted by Gasteiger charge is -2.16. The van der Waals surface area contributed by atoms with E-state index in [1.54, 1.807) is 0 Å². The maximum atomic E-state index is 13.6. The SMILES string of the molecule is CC(=O)Nc1cc(NC(=O)CC(NC(C)=O)c2cccs2)ccc1F. The highest BCUT2D eigenvalue weighted by molar-refractivity contribution is 7.10. The first kappa shape index (κ1) is 18.6.